The molecule has 0 radical (unpaired) electrons. The maximum Gasteiger partial charge on any atom is 0.290 e. The molecule has 25 heavy (non-hydrogen) atoms. The van der Waals surface area contributed by atoms with E-state index in [1.165, 1.54) is 38.8 Å². The number of hydrogen-bond donors (Lipinski definition) is 2. The zero-order chi connectivity index (χ0) is 18.1. The van der Waals surface area contributed by atoms with Crippen molar-refractivity contribution >= 4 is 12.3 Å². The second-order valence-corrected chi connectivity index (χ2v) is 6.72. The molecule has 0 amide bonds. The maximum absolute atomic E-state index is 8.84. The van der Waals surface area contributed by atoms with Crippen molar-refractivity contribution in [3.05, 3.63) is 23.9 Å². The molecule has 7 heteroatoms. The third kappa shape index (κ3) is 5.15. The summed E-state index contributed by atoms with van der Waals surface area (Å²) in [5.74, 6) is 0.874. The van der Waals surface area contributed by atoms with Gasteiger partial charge in [-0.05, 0) is 32.0 Å². The van der Waals surface area contributed by atoms with E-state index in [4.69, 9.17) is 15.2 Å². The van der Waals surface area contributed by atoms with E-state index in [2.05, 4.69) is 33.2 Å². The molecule has 0 unspecified atom stereocenters. The van der Waals surface area contributed by atoms with Gasteiger partial charge in [-0.2, -0.15) is 5.26 Å². The predicted molar refractivity (Wildman–Crippen MR) is 96.4 cm³/mol. The first-order valence-electron chi connectivity index (χ1n) is 8.75. The third-order valence-electron chi connectivity index (χ3n) is 5.20. The summed E-state index contributed by atoms with van der Waals surface area (Å²) in [7, 11) is 2.21. The maximum atomic E-state index is 8.84. The Bertz CT molecular complexity index is 570. The van der Waals surface area contributed by atoms with Crippen LogP contribution in [0.3, 0.4) is 0 Å². The van der Waals surface area contributed by atoms with E-state index in [1.54, 1.807) is 6.20 Å². The Balaban J connectivity index is 0.000000701. The van der Waals surface area contributed by atoms with Gasteiger partial charge in [-0.25, -0.2) is 4.98 Å². The monoisotopic (exact) mass is 345 g/mol. The summed E-state index contributed by atoms with van der Waals surface area (Å²) in [6.45, 7) is 5.36. The number of nitrogens with one attached hydrogen (secondary N) is 1. The van der Waals surface area contributed by atoms with Crippen LogP contribution in [-0.4, -0.2) is 71.7 Å². The van der Waals surface area contributed by atoms with Crippen LogP contribution in [0.2, 0.25) is 0 Å². The fourth-order valence-electron chi connectivity index (χ4n) is 3.74. The van der Waals surface area contributed by atoms with Crippen molar-refractivity contribution in [3.63, 3.8) is 0 Å². The fraction of sp³-hybridized carbons (Fsp3) is 0.611. The quantitative estimate of drug-likeness (QED) is 0.801. The molecule has 0 aromatic carbocycles. The predicted octanol–water partition coefficient (Wildman–Crippen LogP) is 1.63. The Morgan fingerprint density at radius 3 is 2.48 bits per heavy atom. The number of nitrogens with zero attached hydrogens (tertiary/aromatic N) is 4. The number of pyridine rings is 1. The van der Waals surface area contributed by atoms with E-state index in [-0.39, 0.29) is 12.0 Å². The summed E-state index contributed by atoms with van der Waals surface area (Å²) >= 11 is 0. The minimum Gasteiger partial charge on any atom is -0.483 e. The largest absolute Gasteiger partial charge is 0.483 e. The summed E-state index contributed by atoms with van der Waals surface area (Å²) < 4.78 is 0. The number of likely N-dealkylation sites (N-methyl/N-ethyl adjacent to an activating group) is 1. The fourth-order valence-corrected chi connectivity index (χ4v) is 3.74. The molecule has 0 spiro atoms. The number of aromatic nitrogens is 1. The number of carboxylic acid groups (broad SMARTS) is 1. The lowest BCUT2D eigenvalue weighted by Gasteiger charge is -2.45. The van der Waals surface area contributed by atoms with Crippen molar-refractivity contribution in [1.29, 1.82) is 5.26 Å². The van der Waals surface area contributed by atoms with Crippen LogP contribution >= 0.6 is 0 Å². The summed E-state index contributed by atoms with van der Waals surface area (Å²) in [6.07, 6.45) is 6.85. The normalized spacial score (nSPS) is 20.2. The molecular weight excluding hydrogens is 318 g/mol. The Hall–Kier alpha value is -2.17. The third-order valence-corrected chi connectivity index (χ3v) is 5.20. The number of rotatable bonds is 4. The van der Waals surface area contributed by atoms with Crippen molar-refractivity contribution < 1.29 is 9.90 Å². The van der Waals surface area contributed by atoms with Gasteiger partial charge >= 0.3 is 0 Å². The van der Waals surface area contributed by atoms with Crippen LogP contribution in [0.1, 0.15) is 31.2 Å². The molecule has 0 bridgehead atoms. The molecule has 1 saturated heterocycles. The molecule has 2 fully saturated rings. The molecule has 1 aromatic heterocycles. The van der Waals surface area contributed by atoms with E-state index in [0.717, 1.165) is 25.5 Å². The van der Waals surface area contributed by atoms with Gasteiger partial charge in [0.2, 0.25) is 0 Å². The highest BCUT2D eigenvalue weighted by Gasteiger charge is 2.40. The standard InChI is InChI=1S/C17H25N5.CH2O2/c1-21-8-10-22(11-9-21)17(6-2-3-7-17)14-20-16-5-4-15(12-18)13-19-16;2-1-3/h4-5,13H,2-3,6-11,14H2,1H3,(H,19,20);1H,(H,2,3). The zero-order valence-electron chi connectivity index (χ0n) is 14.8. The van der Waals surface area contributed by atoms with Crippen LogP contribution in [0.15, 0.2) is 18.3 Å². The number of piperazine rings is 1. The lowest BCUT2D eigenvalue weighted by atomic mass is 9.93. The molecule has 1 aliphatic heterocycles. The molecule has 7 nitrogen and oxygen atoms in total. The van der Waals surface area contributed by atoms with Gasteiger partial charge in [0, 0.05) is 44.5 Å². The Labute approximate surface area is 149 Å². The molecular formula is C18H27N5O2. The molecule has 2 heterocycles. The topological polar surface area (TPSA) is 92.5 Å². The van der Waals surface area contributed by atoms with E-state index >= 15 is 0 Å². The van der Waals surface area contributed by atoms with Crippen LogP contribution in [0.25, 0.3) is 0 Å². The minimum absolute atomic E-state index is 0.250. The molecule has 136 valence electrons. The van der Waals surface area contributed by atoms with E-state index < -0.39 is 0 Å². The highest BCUT2D eigenvalue weighted by atomic mass is 16.3. The average molecular weight is 345 g/mol. The Morgan fingerprint density at radius 1 is 1.32 bits per heavy atom. The lowest BCUT2D eigenvalue weighted by molar-refractivity contribution is -0.122. The number of hydrogen-bond acceptors (Lipinski definition) is 6. The average Bonchev–Trinajstić information content (AvgIpc) is 3.12. The van der Waals surface area contributed by atoms with Gasteiger partial charge < -0.3 is 15.3 Å². The summed E-state index contributed by atoms with van der Waals surface area (Å²) in [6, 6.07) is 5.85. The minimum atomic E-state index is -0.250. The number of anilines is 1. The first-order chi connectivity index (χ1) is 12.1. The molecule has 1 aromatic rings. The second kappa shape index (κ2) is 9.35. The van der Waals surface area contributed by atoms with Crippen LogP contribution in [0, 0.1) is 11.3 Å². The van der Waals surface area contributed by atoms with Crippen molar-refractivity contribution in [3.8, 4) is 6.07 Å². The molecule has 2 aliphatic rings. The smallest absolute Gasteiger partial charge is 0.290 e. The van der Waals surface area contributed by atoms with Crippen molar-refractivity contribution in [2.75, 3.05) is 45.1 Å². The van der Waals surface area contributed by atoms with Gasteiger partial charge in [0.05, 0.1) is 5.56 Å². The summed E-state index contributed by atoms with van der Waals surface area (Å²) in [4.78, 5) is 17.8. The van der Waals surface area contributed by atoms with Gasteiger partial charge in [-0.15, -0.1) is 0 Å². The van der Waals surface area contributed by atoms with Crippen molar-refractivity contribution in [2.45, 2.75) is 31.2 Å². The van der Waals surface area contributed by atoms with Gasteiger partial charge in [0.1, 0.15) is 11.9 Å². The Kier molecular flexibility index (Phi) is 7.16. The van der Waals surface area contributed by atoms with Crippen molar-refractivity contribution in [2.24, 2.45) is 0 Å². The van der Waals surface area contributed by atoms with Gasteiger partial charge in [0.15, 0.2) is 0 Å². The van der Waals surface area contributed by atoms with Crippen LogP contribution < -0.4 is 5.32 Å². The molecule has 2 N–H and O–H groups in total. The SMILES string of the molecule is CN1CCN(C2(CNc3ccc(C#N)cn3)CCCC2)CC1.O=CO. The van der Waals surface area contributed by atoms with Crippen molar-refractivity contribution in [1.82, 2.24) is 14.8 Å². The summed E-state index contributed by atoms with van der Waals surface area (Å²) in [5, 5.41) is 19.2. The number of carbonyl (C=O) groups is 1. The first-order valence-corrected chi connectivity index (χ1v) is 8.75. The molecule has 1 aliphatic carbocycles. The van der Waals surface area contributed by atoms with Crippen LogP contribution in [-0.2, 0) is 4.79 Å². The second-order valence-electron chi connectivity index (χ2n) is 6.72. The van der Waals surface area contributed by atoms with E-state index in [1.807, 2.05) is 12.1 Å². The van der Waals surface area contributed by atoms with Crippen LogP contribution in [0.5, 0.6) is 0 Å². The van der Waals surface area contributed by atoms with Gasteiger partial charge in [-0.1, -0.05) is 12.8 Å². The first kappa shape index (κ1) is 19.2. The van der Waals surface area contributed by atoms with E-state index in [0.29, 0.717) is 5.56 Å². The number of nitriles is 1. The van der Waals surface area contributed by atoms with Crippen LogP contribution in [0.4, 0.5) is 5.82 Å². The van der Waals surface area contributed by atoms with E-state index in [9.17, 15) is 0 Å². The van der Waals surface area contributed by atoms with Gasteiger partial charge in [-0.3, -0.25) is 9.69 Å². The molecule has 0 atom stereocenters. The van der Waals surface area contributed by atoms with Gasteiger partial charge in [0.25, 0.3) is 6.47 Å². The Morgan fingerprint density at radius 2 is 1.96 bits per heavy atom. The zero-order valence-corrected chi connectivity index (χ0v) is 14.8. The highest BCUT2D eigenvalue weighted by Crippen LogP contribution is 2.36. The molecule has 1 saturated carbocycles. The molecule has 3 rings (SSSR count). The highest BCUT2D eigenvalue weighted by molar-refractivity contribution is 5.39. The summed E-state index contributed by atoms with van der Waals surface area (Å²) in [5.41, 5.74) is 0.900. The lowest BCUT2D eigenvalue weighted by Crippen LogP contribution is -2.58.